The van der Waals surface area contributed by atoms with E-state index in [-0.39, 0.29) is 11.6 Å². The monoisotopic (exact) mass is 449 g/mol. The summed E-state index contributed by atoms with van der Waals surface area (Å²) < 4.78 is 0. The lowest BCUT2D eigenvalue weighted by Crippen LogP contribution is -2.28. The van der Waals surface area contributed by atoms with E-state index in [0.717, 1.165) is 5.01 Å². The van der Waals surface area contributed by atoms with Gasteiger partial charge in [0.15, 0.2) is 5.17 Å². The van der Waals surface area contributed by atoms with Crippen LogP contribution in [0.3, 0.4) is 0 Å². The number of nitro groups is 1. The molecule has 1 aliphatic heterocycles. The van der Waals surface area contributed by atoms with Crippen LogP contribution >= 0.6 is 23.1 Å². The smallest absolute Gasteiger partial charge is 0.268 e. The Labute approximate surface area is 185 Å². The number of nitrogens with zero attached hydrogens (tertiary/aromatic N) is 5. The number of aryl methyl sites for hydroxylation is 1. The summed E-state index contributed by atoms with van der Waals surface area (Å²) in [5, 5.41) is 20.9. The Hall–Kier alpha value is -3.63. The molecule has 0 aliphatic carbocycles. The van der Waals surface area contributed by atoms with Gasteiger partial charge < -0.3 is 0 Å². The van der Waals surface area contributed by atoms with Crippen LogP contribution in [0.1, 0.15) is 10.6 Å². The lowest BCUT2D eigenvalue weighted by Gasteiger charge is -2.14. The summed E-state index contributed by atoms with van der Waals surface area (Å²) in [6.45, 7) is 1.84. The second-order valence-corrected chi connectivity index (χ2v) is 8.45. The summed E-state index contributed by atoms with van der Waals surface area (Å²) in [5.74, 6) is -0.233. The van der Waals surface area contributed by atoms with Gasteiger partial charge >= 0.3 is 0 Å². The summed E-state index contributed by atoms with van der Waals surface area (Å²) in [6.07, 6.45) is 4.87. The predicted molar refractivity (Wildman–Crippen MR) is 123 cm³/mol. The molecule has 10 heteroatoms. The van der Waals surface area contributed by atoms with Crippen LogP contribution in [0, 0.1) is 17.0 Å². The number of hydrogen-bond acceptors (Lipinski definition) is 8. The minimum atomic E-state index is -0.436. The van der Waals surface area contributed by atoms with Crippen molar-refractivity contribution in [1.82, 2.24) is 10.2 Å². The number of amides is 1. The van der Waals surface area contributed by atoms with Gasteiger partial charge in [0.25, 0.3) is 11.6 Å². The molecule has 1 saturated heterocycles. The first-order valence-electron chi connectivity index (χ1n) is 9.11. The van der Waals surface area contributed by atoms with Gasteiger partial charge in [-0.05, 0) is 49.0 Å². The number of allylic oxidation sites excluding steroid dienone is 2. The molecule has 2 aromatic carbocycles. The van der Waals surface area contributed by atoms with Crippen LogP contribution in [-0.2, 0) is 4.79 Å². The Kier molecular flexibility index (Phi) is 6.01. The summed E-state index contributed by atoms with van der Waals surface area (Å²) in [4.78, 5) is 30.3. The molecule has 154 valence electrons. The number of nitro benzene ring substituents is 1. The highest BCUT2D eigenvalue weighted by Crippen LogP contribution is 2.36. The van der Waals surface area contributed by atoms with E-state index in [1.807, 2.05) is 37.3 Å². The number of carbonyl (C=O) groups is 1. The summed E-state index contributed by atoms with van der Waals surface area (Å²) in [6, 6.07) is 15.6. The minimum absolute atomic E-state index is 0.00218. The van der Waals surface area contributed by atoms with Gasteiger partial charge in [0.1, 0.15) is 5.01 Å². The Bertz CT molecular complexity index is 1230. The van der Waals surface area contributed by atoms with Crippen molar-refractivity contribution in [3.63, 3.8) is 0 Å². The number of benzene rings is 2. The molecule has 1 amide bonds. The van der Waals surface area contributed by atoms with Crippen molar-refractivity contribution in [2.24, 2.45) is 4.99 Å². The quantitative estimate of drug-likeness (QED) is 0.304. The number of anilines is 1. The van der Waals surface area contributed by atoms with Crippen molar-refractivity contribution in [1.29, 1.82) is 0 Å². The lowest BCUT2D eigenvalue weighted by atomic mass is 10.1. The van der Waals surface area contributed by atoms with E-state index in [2.05, 4.69) is 15.2 Å². The van der Waals surface area contributed by atoms with E-state index in [0.29, 0.717) is 26.5 Å². The van der Waals surface area contributed by atoms with Crippen LogP contribution in [0.25, 0.3) is 6.08 Å². The number of carbonyl (C=O) groups excluding carboxylic acids is 1. The SMILES string of the molecule is Cc1nnc(/N=C2/S/C(=C\C=C\c3ccccc3[N+](=O)[O-])C(=O)N2c2ccccc2)s1. The molecule has 1 aromatic heterocycles. The Morgan fingerprint density at radius 1 is 1.10 bits per heavy atom. The fraction of sp³-hybridized carbons (Fsp3) is 0.0476. The van der Waals surface area contributed by atoms with Gasteiger partial charge in [-0.25, -0.2) is 0 Å². The van der Waals surface area contributed by atoms with Crippen LogP contribution < -0.4 is 4.90 Å². The highest BCUT2D eigenvalue weighted by molar-refractivity contribution is 8.19. The summed E-state index contributed by atoms with van der Waals surface area (Å²) in [7, 11) is 0. The molecule has 2 heterocycles. The van der Waals surface area contributed by atoms with Crippen molar-refractivity contribution in [3.05, 3.63) is 92.3 Å². The number of para-hydroxylation sites is 2. The molecule has 0 spiro atoms. The Morgan fingerprint density at radius 2 is 1.84 bits per heavy atom. The van der Waals surface area contributed by atoms with Gasteiger partial charge in [-0.3, -0.25) is 19.8 Å². The third kappa shape index (κ3) is 4.60. The molecular weight excluding hydrogens is 434 g/mol. The van der Waals surface area contributed by atoms with Crippen LogP contribution in [0.4, 0.5) is 16.5 Å². The van der Waals surface area contributed by atoms with E-state index in [1.54, 1.807) is 36.4 Å². The standard InChI is InChI=1S/C21H15N5O3S2/c1-14-23-24-20(30-14)22-21-25(16-10-3-2-4-11-16)19(27)18(31-21)13-7-9-15-8-5-6-12-17(15)26(28)29/h2-13H,1H3/b9-7+,18-13-,22-21+. The highest BCUT2D eigenvalue weighted by atomic mass is 32.2. The molecular formula is C21H15N5O3S2. The molecule has 0 saturated carbocycles. The van der Waals surface area contributed by atoms with E-state index in [1.165, 1.54) is 34.1 Å². The predicted octanol–water partition coefficient (Wildman–Crippen LogP) is 5.12. The topological polar surface area (TPSA) is 102 Å². The number of hydrogen-bond donors (Lipinski definition) is 0. The second kappa shape index (κ2) is 9.02. The third-order valence-corrected chi connectivity index (χ3v) is 5.90. The molecule has 0 unspecified atom stereocenters. The van der Waals surface area contributed by atoms with Crippen LogP contribution in [-0.4, -0.2) is 26.2 Å². The van der Waals surface area contributed by atoms with Crippen LogP contribution in [0.2, 0.25) is 0 Å². The number of aliphatic imine (C=N–C) groups is 1. The van der Waals surface area contributed by atoms with Gasteiger partial charge in [-0.15, -0.1) is 10.2 Å². The van der Waals surface area contributed by atoms with E-state index in [9.17, 15) is 14.9 Å². The molecule has 3 aromatic rings. The van der Waals surface area contributed by atoms with Gasteiger partial charge in [0, 0.05) is 6.07 Å². The highest BCUT2D eigenvalue weighted by Gasteiger charge is 2.34. The Morgan fingerprint density at radius 3 is 2.55 bits per heavy atom. The van der Waals surface area contributed by atoms with Crippen molar-refractivity contribution in [2.45, 2.75) is 6.92 Å². The third-order valence-electron chi connectivity index (χ3n) is 4.18. The maximum atomic E-state index is 13.1. The fourth-order valence-electron chi connectivity index (χ4n) is 2.81. The van der Waals surface area contributed by atoms with Crippen molar-refractivity contribution < 1.29 is 9.72 Å². The largest absolute Gasteiger partial charge is 0.276 e. The van der Waals surface area contributed by atoms with Crippen molar-refractivity contribution in [2.75, 3.05) is 4.90 Å². The molecule has 4 rings (SSSR count). The Balaban J connectivity index is 1.67. The van der Waals surface area contributed by atoms with Crippen LogP contribution in [0.15, 0.2) is 76.6 Å². The zero-order chi connectivity index (χ0) is 21.8. The number of thioether (sulfide) groups is 1. The van der Waals surface area contributed by atoms with Crippen molar-refractivity contribution in [3.8, 4) is 0 Å². The van der Waals surface area contributed by atoms with E-state index < -0.39 is 4.92 Å². The molecule has 31 heavy (non-hydrogen) atoms. The fourth-order valence-corrected chi connectivity index (χ4v) is 4.37. The first-order valence-corrected chi connectivity index (χ1v) is 10.7. The molecule has 0 atom stereocenters. The van der Waals surface area contributed by atoms with Crippen molar-refractivity contribution >= 4 is 56.8 Å². The minimum Gasteiger partial charge on any atom is -0.268 e. The number of rotatable bonds is 5. The first-order chi connectivity index (χ1) is 15.0. The maximum absolute atomic E-state index is 13.1. The number of amidine groups is 1. The maximum Gasteiger partial charge on any atom is 0.276 e. The first kappa shape index (κ1) is 20.6. The van der Waals surface area contributed by atoms with Gasteiger partial charge in [0.05, 0.1) is 21.1 Å². The average molecular weight is 450 g/mol. The molecule has 0 radical (unpaired) electrons. The lowest BCUT2D eigenvalue weighted by molar-refractivity contribution is -0.385. The van der Waals surface area contributed by atoms with Crippen LogP contribution in [0.5, 0.6) is 0 Å². The molecule has 8 nitrogen and oxygen atoms in total. The second-order valence-electron chi connectivity index (χ2n) is 6.28. The van der Waals surface area contributed by atoms with Gasteiger partial charge in [0.2, 0.25) is 5.13 Å². The summed E-state index contributed by atoms with van der Waals surface area (Å²) in [5.41, 5.74) is 1.14. The van der Waals surface area contributed by atoms with Gasteiger partial charge in [-0.1, -0.05) is 47.7 Å². The zero-order valence-electron chi connectivity index (χ0n) is 16.2. The molecule has 0 bridgehead atoms. The van der Waals surface area contributed by atoms with E-state index in [4.69, 9.17) is 0 Å². The zero-order valence-corrected chi connectivity index (χ0v) is 17.8. The molecule has 0 N–H and O–H groups in total. The normalized spacial score (nSPS) is 16.7. The number of aromatic nitrogens is 2. The average Bonchev–Trinajstić information content (AvgIpc) is 3.31. The molecule has 1 aliphatic rings. The van der Waals surface area contributed by atoms with Gasteiger partial charge in [-0.2, -0.15) is 4.99 Å². The molecule has 1 fully saturated rings. The van der Waals surface area contributed by atoms with E-state index >= 15 is 0 Å². The summed E-state index contributed by atoms with van der Waals surface area (Å²) >= 11 is 2.55.